The van der Waals surface area contributed by atoms with Crippen LogP contribution in [0.3, 0.4) is 0 Å². The van der Waals surface area contributed by atoms with E-state index in [1.54, 1.807) is 16.7 Å². The second kappa shape index (κ2) is 10.2. The molecule has 4 heterocycles. The number of hydrogen-bond donors (Lipinski definition) is 0. The topological polar surface area (TPSA) is 96.2 Å². The first-order chi connectivity index (χ1) is 17.3. The van der Waals surface area contributed by atoms with E-state index in [9.17, 15) is 18.8 Å². The maximum atomic E-state index is 13.5. The highest BCUT2D eigenvalue weighted by atomic mass is 35.5. The van der Waals surface area contributed by atoms with Crippen molar-refractivity contribution in [2.45, 2.75) is 32.1 Å². The number of oxazole rings is 1. The first-order valence-electron chi connectivity index (χ1n) is 12.2. The van der Waals surface area contributed by atoms with Gasteiger partial charge in [0, 0.05) is 50.7 Å². The first-order valence-corrected chi connectivity index (χ1v) is 12.6. The van der Waals surface area contributed by atoms with Crippen LogP contribution >= 0.6 is 11.6 Å². The maximum absolute atomic E-state index is 13.5. The van der Waals surface area contributed by atoms with Crippen LogP contribution < -0.4 is 4.90 Å². The Morgan fingerprint density at radius 1 is 1.11 bits per heavy atom. The number of morpholine rings is 1. The molecule has 0 spiro atoms. The zero-order chi connectivity index (χ0) is 25.4. The summed E-state index contributed by atoms with van der Waals surface area (Å²) in [6.45, 7) is 5.14. The summed E-state index contributed by atoms with van der Waals surface area (Å²) in [7, 11) is 0. The molecule has 1 atom stereocenters. The van der Waals surface area contributed by atoms with Crippen LogP contribution in [0, 0.1) is 18.7 Å². The van der Waals surface area contributed by atoms with Gasteiger partial charge in [0.25, 0.3) is 5.91 Å². The van der Waals surface area contributed by atoms with Crippen LogP contribution in [0.1, 0.15) is 47.3 Å². The summed E-state index contributed by atoms with van der Waals surface area (Å²) in [4.78, 5) is 48.1. The predicted octanol–water partition coefficient (Wildman–Crippen LogP) is 3.01. The molecule has 0 N–H and O–H groups in total. The summed E-state index contributed by atoms with van der Waals surface area (Å²) in [6.07, 6.45) is 1.43. The van der Waals surface area contributed by atoms with Crippen molar-refractivity contribution in [3.8, 4) is 0 Å². The Morgan fingerprint density at radius 3 is 2.53 bits per heavy atom. The number of carbonyl (C=O) groups excluding carboxylic acids is 3. The molecular weight excluding hydrogens is 491 g/mol. The minimum absolute atomic E-state index is 0.0158. The molecule has 1 unspecified atom stereocenters. The van der Waals surface area contributed by atoms with Gasteiger partial charge in [-0.05, 0) is 38.0 Å². The van der Waals surface area contributed by atoms with E-state index in [1.165, 1.54) is 23.1 Å². The van der Waals surface area contributed by atoms with E-state index in [1.807, 2.05) is 0 Å². The number of likely N-dealkylation sites (tertiary alicyclic amines) is 1. The van der Waals surface area contributed by atoms with Crippen molar-refractivity contribution in [2.75, 3.05) is 50.8 Å². The SMILES string of the molecule is Cc1oc(C2CCN(C(=O)C3CC(=O)N(c4ccc(F)c(Cl)c4)C3)CC2)nc1C(=O)N1CCOCC1. The smallest absolute Gasteiger partial charge is 0.276 e. The monoisotopic (exact) mass is 518 g/mol. The van der Waals surface area contributed by atoms with Crippen LogP contribution in [0.4, 0.5) is 10.1 Å². The second-order valence-electron chi connectivity index (χ2n) is 9.46. The quantitative estimate of drug-likeness (QED) is 0.617. The average Bonchev–Trinajstić information content (AvgIpc) is 3.48. The van der Waals surface area contributed by atoms with Crippen molar-refractivity contribution in [2.24, 2.45) is 5.92 Å². The Bertz CT molecular complexity index is 1170. The van der Waals surface area contributed by atoms with Gasteiger partial charge in [0.05, 0.1) is 24.2 Å². The minimum atomic E-state index is -0.554. The average molecular weight is 519 g/mol. The number of piperidine rings is 1. The second-order valence-corrected chi connectivity index (χ2v) is 9.87. The molecule has 0 saturated carbocycles. The number of aromatic nitrogens is 1. The van der Waals surface area contributed by atoms with Gasteiger partial charge in [0.15, 0.2) is 11.6 Å². The molecule has 36 heavy (non-hydrogen) atoms. The Labute approximate surface area is 213 Å². The van der Waals surface area contributed by atoms with Gasteiger partial charge in [0.2, 0.25) is 11.8 Å². The van der Waals surface area contributed by atoms with E-state index in [-0.39, 0.29) is 41.6 Å². The Kier molecular flexibility index (Phi) is 6.98. The summed E-state index contributed by atoms with van der Waals surface area (Å²) in [6, 6.07) is 4.12. The Balaban J connectivity index is 1.18. The van der Waals surface area contributed by atoms with E-state index in [2.05, 4.69) is 4.98 Å². The third kappa shape index (κ3) is 4.84. The predicted molar refractivity (Wildman–Crippen MR) is 128 cm³/mol. The molecule has 1 aromatic heterocycles. The van der Waals surface area contributed by atoms with Crippen LogP contribution in [-0.4, -0.2) is 78.4 Å². The lowest BCUT2D eigenvalue weighted by molar-refractivity contribution is -0.136. The third-order valence-corrected chi connectivity index (χ3v) is 7.45. The number of hydrogen-bond acceptors (Lipinski definition) is 6. The fourth-order valence-corrected chi connectivity index (χ4v) is 5.26. The van der Waals surface area contributed by atoms with Gasteiger partial charge in [-0.15, -0.1) is 0 Å². The van der Waals surface area contributed by atoms with Crippen LogP contribution in [0.15, 0.2) is 22.6 Å². The molecule has 3 aliphatic rings. The lowest BCUT2D eigenvalue weighted by atomic mass is 9.95. The first kappa shape index (κ1) is 24.7. The lowest BCUT2D eigenvalue weighted by Gasteiger charge is -2.32. The maximum Gasteiger partial charge on any atom is 0.276 e. The minimum Gasteiger partial charge on any atom is -0.445 e. The molecule has 3 amide bonds. The van der Waals surface area contributed by atoms with Crippen LogP contribution in [0.25, 0.3) is 0 Å². The zero-order valence-corrected chi connectivity index (χ0v) is 20.8. The standard InChI is InChI=1S/C25H28ClFN4O5/c1-15-22(25(34)30-8-10-35-11-9-30)28-23(36-15)16-4-6-29(7-5-16)24(33)17-12-21(32)31(14-17)18-2-3-20(27)19(26)13-18/h2-3,13,16-17H,4-12,14H2,1H3. The molecule has 1 aromatic carbocycles. The van der Waals surface area contributed by atoms with E-state index in [0.717, 1.165) is 0 Å². The fraction of sp³-hybridized carbons (Fsp3) is 0.520. The molecule has 0 bridgehead atoms. The van der Waals surface area contributed by atoms with Crippen molar-refractivity contribution in [3.05, 3.63) is 46.4 Å². The molecule has 9 nitrogen and oxygen atoms in total. The van der Waals surface area contributed by atoms with Gasteiger partial charge in [0.1, 0.15) is 11.6 Å². The number of ether oxygens (including phenoxy) is 1. The van der Waals surface area contributed by atoms with Crippen molar-refractivity contribution in [1.29, 1.82) is 0 Å². The largest absolute Gasteiger partial charge is 0.445 e. The normalized spacial score (nSPS) is 21.4. The summed E-state index contributed by atoms with van der Waals surface area (Å²) in [5, 5.41) is -0.0614. The summed E-state index contributed by atoms with van der Waals surface area (Å²) in [5.41, 5.74) is 0.831. The molecule has 192 valence electrons. The molecule has 3 saturated heterocycles. The van der Waals surface area contributed by atoms with Gasteiger partial charge < -0.3 is 23.9 Å². The molecule has 0 radical (unpaired) electrons. The van der Waals surface area contributed by atoms with E-state index < -0.39 is 11.7 Å². The molecule has 3 aliphatic heterocycles. The molecule has 2 aromatic rings. The Morgan fingerprint density at radius 2 is 1.83 bits per heavy atom. The van der Waals surface area contributed by atoms with Gasteiger partial charge in [-0.1, -0.05) is 11.6 Å². The number of aryl methyl sites for hydroxylation is 1. The van der Waals surface area contributed by atoms with Gasteiger partial charge in [-0.2, -0.15) is 0 Å². The zero-order valence-electron chi connectivity index (χ0n) is 20.0. The number of nitrogens with zero attached hydrogens (tertiary/aromatic N) is 4. The number of benzene rings is 1. The van der Waals surface area contributed by atoms with E-state index in [0.29, 0.717) is 75.3 Å². The molecular formula is C25H28ClFN4O5. The summed E-state index contributed by atoms with van der Waals surface area (Å²) < 4.78 is 24.7. The molecule has 3 fully saturated rings. The summed E-state index contributed by atoms with van der Waals surface area (Å²) in [5.74, 6) is -0.348. The number of rotatable bonds is 4. The molecule has 11 heteroatoms. The fourth-order valence-electron chi connectivity index (χ4n) is 5.09. The number of amides is 3. The highest BCUT2D eigenvalue weighted by Gasteiger charge is 2.39. The van der Waals surface area contributed by atoms with Gasteiger partial charge >= 0.3 is 0 Å². The van der Waals surface area contributed by atoms with Crippen molar-refractivity contribution < 1.29 is 27.9 Å². The molecule has 5 rings (SSSR count). The van der Waals surface area contributed by atoms with Crippen LogP contribution in [0.5, 0.6) is 0 Å². The third-order valence-electron chi connectivity index (χ3n) is 7.16. The summed E-state index contributed by atoms with van der Waals surface area (Å²) >= 11 is 5.87. The Hall–Kier alpha value is -2.98. The van der Waals surface area contributed by atoms with Crippen molar-refractivity contribution in [1.82, 2.24) is 14.8 Å². The van der Waals surface area contributed by atoms with Crippen LogP contribution in [-0.2, 0) is 14.3 Å². The highest BCUT2D eigenvalue weighted by molar-refractivity contribution is 6.31. The van der Waals surface area contributed by atoms with Gasteiger partial charge in [-0.25, -0.2) is 9.37 Å². The molecule has 0 aliphatic carbocycles. The number of anilines is 1. The highest BCUT2D eigenvalue weighted by Crippen LogP contribution is 2.33. The van der Waals surface area contributed by atoms with Crippen molar-refractivity contribution in [3.63, 3.8) is 0 Å². The van der Waals surface area contributed by atoms with Gasteiger partial charge in [-0.3, -0.25) is 14.4 Å². The van der Waals surface area contributed by atoms with Crippen LogP contribution in [0.2, 0.25) is 5.02 Å². The number of carbonyl (C=O) groups is 3. The van der Waals surface area contributed by atoms with E-state index in [4.69, 9.17) is 20.8 Å². The lowest BCUT2D eigenvalue weighted by Crippen LogP contribution is -2.42. The van der Waals surface area contributed by atoms with Crippen molar-refractivity contribution >= 4 is 35.0 Å². The van der Waals surface area contributed by atoms with E-state index >= 15 is 0 Å². The number of halogens is 2.